The lowest BCUT2D eigenvalue weighted by Crippen LogP contribution is -2.66. The van der Waals surface area contributed by atoms with Crippen LogP contribution in [0.15, 0.2) is 11.6 Å². The zero-order valence-corrected chi connectivity index (χ0v) is 22.7. The number of carbonyl (C=O) groups is 1. The van der Waals surface area contributed by atoms with Crippen molar-refractivity contribution in [3.63, 3.8) is 0 Å². The van der Waals surface area contributed by atoms with Crippen LogP contribution in [-0.2, 0) is 19.0 Å². The van der Waals surface area contributed by atoms with Gasteiger partial charge in [-0.3, -0.25) is 0 Å². The fourth-order valence-corrected chi connectivity index (χ4v) is 9.91. The number of rotatable bonds is 3. The fraction of sp³-hybridized carbons (Fsp3) is 0.897. The predicted octanol–water partition coefficient (Wildman–Crippen LogP) is 1.43. The summed E-state index contributed by atoms with van der Waals surface area (Å²) in [6.07, 6.45) is 1.49. The first-order valence-electron chi connectivity index (χ1n) is 14.5. The van der Waals surface area contributed by atoms with Crippen molar-refractivity contribution in [2.75, 3.05) is 6.61 Å². The fourth-order valence-electron chi connectivity index (χ4n) is 9.91. The van der Waals surface area contributed by atoms with E-state index in [1.165, 1.54) is 0 Å². The number of ether oxygens (including phenoxy) is 3. The van der Waals surface area contributed by atoms with E-state index in [1.807, 2.05) is 0 Å². The van der Waals surface area contributed by atoms with Crippen molar-refractivity contribution in [3.05, 3.63) is 11.6 Å². The van der Waals surface area contributed by atoms with E-state index < -0.39 is 47.8 Å². The maximum absolute atomic E-state index is 12.4. The number of cyclic esters (lactones) is 1. The molecule has 0 unspecified atom stereocenters. The second-order valence-corrected chi connectivity index (χ2v) is 13.7. The van der Waals surface area contributed by atoms with Crippen molar-refractivity contribution in [1.29, 1.82) is 0 Å². The van der Waals surface area contributed by atoms with Gasteiger partial charge in [-0.25, -0.2) is 4.79 Å². The van der Waals surface area contributed by atoms with Crippen LogP contribution in [0.2, 0.25) is 0 Å². The Labute approximate surface area is 224 Å². The van der Waals surface area contributed by atoms with Gasteiger partial charge in [-0.15, -0.1) is 0 Å². The van der Waals surface area contributed by atoms with Gasteiger partial charge in [0.05, 0.1) is 23.9 Å². The minimum atomic E-state index is -1.32. The number of esters is 1. The lowest BCUT2D eigenvalue weighted by molar-refractivity contribution is -0.311. The van der Waals surface area contributed by atoms with Crippen LogP contribution in [0.4, 0.5) is 0 Å². The summed E-state index contributed by atoms with van der Waals surface area (Å²) < 4.78 is 17.1. The molecule has 5 fully saturated rings. The molecule has 0 amide bonds. The molecule has 0 aromatic carbocycles. The first-order chi connectivity index (χ1) is 17.9. The van der Waals surface area contributed by atoms with E-state index >= 15 is 0 Å². The van der Waals surface area contributed by atoms with Crippen molar-refractivity contribution < 1.29 is 44.5 Å². The van der Waals surface area contributed by atoms with Crippen molar-refractivity contribution in [1.82, 2.24) is 0 Å². The summed E-state index contributed by atoms with van der Waals surface area (Å²) in [7, 11) is 0. The Morgan fingerprint density at radius 2 is 1.76 bits per heavy atom. The molecule has 0 bridgehead atoms. The molecule has 0 radical (unpaired) electrons. The SMILES string of the molecule is C[C@@H]1O[C@@H](O[C@H]2CC[C@@]3(C)[C@@H](CC[C@H]4[C@@H]3[C@@H](O)C[C@]3(C)[C@@H](C5=CC(=O)OC5)CC[C@]43O)C2)[C@@H](O)[C@H](O)[C@@H]1O. The highest BCUT2D eigenvalue weighted by molar-refractivity contribution is 5.85. The second-order valence-electron chi connectivity index (χ2n) is 13.7. The minimum Gasteiger partial charge on any atom is -0.458 e. The third-order valence-corrected chi connectivity index (χ3v) is 12.0. The van der Waals surface area contributed by atoms with Gasteiger partial charge in [0.15, 0.2) is 6.29 Å². The Kier molecular flexibility index (Phi) is 6.58. The summed E-state index contributed by atoms with van der Waals surface area (Å²) in [5.41, 5.74) is -0.607. The lowest BCUT2D eigenvalue weighted by Gasteiger charge is -2.65. The molecule has 4 saturated carbocycles. The number of hydrogen-bond acceptors (Lipinski definition) is 9. The van der Waals surface area contributed by atoms with Crippen LogP contribution in [-0.4, -0.2) is 86.6 Å². The van der Waals surface area contributed by atoms with Gasteiger partial charge in [0.1, 0.15) is 24.9 Å². The van der Waals surface area contributed by atoms with Gasteiger partial charge >= 0.3 is 5.97 Å². The van der Waals surface area contributed by atoms with Crippen LogP contribution in [0.3, 0.4) is 0 Å². The topological polar surface area (TPSA) is 146 Å². The monoisotopic (exact) mass is 536 g/mol. The Morgan fingerprint density at radius 1 is 1.00 bits per heavy atom. The Hall–Kier alpha value is -1.07. The maximum Gasteiger partial charge on any atom is 0.331 e. The van der Waals surface area contributed by atoms with Crippen LogP contribution in [0.5, 0.6) is 0 Å². The van der Waals surface area contributed by atoms with Crippen LogP contribution < -0.4 is 0 Å². The predicted molar refractivity (Wildman–Crippen MR) is 134 cm³/mol. The molecule has 9 heteroatoms. The molecule has 2 aliphatic heterocycles. The highest BCUT2D eigenvalue weighted by Gasteiger charge is 2.70. The van der Waals surface area contributed by atoms with Crippen molar-refractivity contribution in [3.8, 4) is 0 Å². The molecule has 4 aliphatic carbocycles. The van der Waals surface area contributed by atoms with Gasteiger partial charge in [-0.05, 0) is 93.0 Å². The number of aliphatic hydroxyl groups excluding tert-OH is 4. The van der Waals surface area contributed by atoms with Gasteiger partial charge in [0.25, 0.3) is 0 Å². The Balaban J connectivity index is 1.19. The van der Waals surface area contributed by atoms with E-state index in [0.717, 1.165) is 44.1 Å². The van der Waals surface area contributed by atoms with E-state index in [2.05, 4.69) is 13.8 Å². The molecule has 0 aromatic rings. The lowest BCUT2D eigenvalue weighted by atomic mass is 9.42. The molecule has 1 saturated heterocycles. The normalized spacial score (nSPS) is 56.5. The molecule has 38 heavy (non-hydrogen) atoms. The summed E-state index contributed by atoms with van der Waals surface area (Å²) in [6.45, 7) is 6.32. The first-order valence-corrected chi connectivity index (χ1v) is 14.5. The van der Waals surface area contributed by atoms with E-state index in [-0.39, 0.29) is 41.8 Å². The molecule has 6 aliphatic rings. The second kappa shape index (κ2) is 9.23. The van der Waals surface area contributed by atoms with Gasteiger partial charge in [0, 0.05) is 11.5 Å². The quantitative estimate of drug-likeness (QED) is 0.267. The van der Waals surface area contributed by atoms with Crippen molar-refractivity contribution >= 4 is 5.97 Å². The molecule has 0 spiro atoms. The summed E-state index contributed by atoms with van der Waals surface area (Å²) in [4.78, 5) is 11.8. The Morgan fingerprint density at radius 3 is 2.47 bits per heavy atom. The maximum atomic E-state index is 12.4. The Bertz CT molecular complexity index is 985. The van der Waals surface area contributed by atoms with Crippen LogP contribution in [0, 0.1) is 34.5 Å². The van der Waals surface area contributed by atoms with Gasteiger partial charge in [0.2, 0.25) is 0 Å². The molecule has 9 nitrogen and oxygen atoms in total. The summed E-state index contributed by atoms with van der Waals surface area (Å²) in [6, 6.07) is 0. The van der Waals surface area contributed by atoms with Crippen molar-refractivity contribution in [2.24, 2.45) is 34.5 Å². The molecule has 5 N–H and O–H groups in total. The standard InChI is InChI=1S/C29H44O9/c1-14-23(32)24(33)25(34)26(37-14)38-17-6-8-27(2)16(11-17)4-5-19-22(27)20(30)12-28(3)18(7-9-29(19,28)35)15-10-21(31)36-13-15/h10,14,16-20,22-26,30,32-35H,4-9,11-13H2,1-3H3/t14-,16-,17-,18+,19-,20-,22+,23+,24+,25-,26-,27-,28+,29-/m0/s1. The number of hydrogen-bond donors (Lipinski definition) is 5. The zero-order chi connectivity index (χ0) is 27.2. The molecule has 2 heterocycles. The number of carbonyl (C=O) groups excluding carboxylic acids is 1. The van der Waals surface area contributed by atoms with E-state index in [0.29, 0.717) is 18.8 Å². The molecular formula is C29H44O9. The molecule has 214 valence electrons. The average Bonchev–Trinajstić information content (AvgIpc) is 3.41. The summed E-state index contributed by atoms with van der Waals surface area (Å²) >= 11 is 0. The molecule has 14 atom stereocenters. The van der Waals surface area contributed by atoms with Gasteiger partial charge in [-0.2, -0.15) is 0 Å². The van der Waals surface area contributed by atoms with E-state index in [9.17, 15) is 30.3 Å². The summed E-state index contributed by atoms with van der Waals surface area (Å²) in [5.74, 6) is -0.0314. The largest absolute Gasteiger partial charge is 0.458 e. The van der Waals surface area contributed by atoms with Crippen LogP contribution >= 0.6 is 0 Å². The van der Waals surface area contributed by atoms with Crippen molar-refractivity contribution in [2.45, 2.75) is 121 Å². The minimum absolute atomic E-state index is 0.0143. The third kappa shape index (κ3) is 3.80. The molecular weight excluding hydrogens is 492 g/mol. The van der Waals surface area contributed by atoms with Gasteiger partial charge in [-0.1, -0.05) is 13.8 Å². The van der Waals surface area contributed by atoms with E-state index in [4.69, 9.17) is 14.2 Å². The highest BCUT2D eigenvalue weighted by atomic mass is 16.7. The highest BCUT2D eigenvalue weighted by Crippen LogP contribution is 2.70. The number of aliphatic hydroxyl groups is 5. The van der Waals surface area contributed by atoms with E-state index in [1.54, 1.807) is 13.0 Å². The summed E-state index contributed by atoms with van der Waals surface area (Å²) in [5, 5.41) is 54.7. The smallest absolute Gasteiger partial charge is 0.331 e. The van der Waals surface area contributed by atoms with Crippen LogP contribution in [0.25, 0.3) is 0 Å². The first kappa shape index (κ1) is 27.1. The molecule has 0 aromatic heterocycles. The van der Waals surface area contributed by atoms with Gasteiger partial charge < -0.3 is 39.7 Å². The third-order valence-electron chi connectivity index (χ3n) is 12.0. The molecule has 6 rings (SSSR count). The van der Waals surface area contributed by atoms with Crippen LogP contribution in [0.1, 0.15) is 72.1 Å². The average molecular weight is 537 g/mol. The zero-order valence-electron chi connectivity index (χ0n) is 22.7. The number of fused-ring (bicyclic) bond motifs is 5.